The van der Waals surface area contributed by atoms with Crippen LogP contribution in [0, 0.1) is 64.6 Å². The molecule has 0 N–H and O–H groups in total. The summed E-state index contributed by atoms with van der Waals surface area (Å²) in [5.41, 5.74) is -6.13. The number of aliphatic imine (C=N–C) groups is 1. The van der Waals surface area contributed by atoms with Gasteiger partial charge in [0.2, 0.25) is 11.9 Å². The fraction of sp³-hybridized carbons (Fsp3) is 0. The Morgan fingerprint density at radius 1 is 0.462 bits per heavy atom. The predicted octanol–water partition coefficient (Wildman–Crippen LogP) is 8.35. The molecule has 0 saturated carbocycles. The average Bonchev–Trinajstić information content (AvgIpc) is 3.09. The van der Waals surface area contributed by atoms with Crippen molar-refractivity contribution in [3.8, 4) is 51.2 Å². The summed E-state index contributed by atoms with van der Waals surface area (Å²) in [6.45, 7) is 7.54. The molecule has 1 aliphatic rings. The molecule has 0 fully saturated rings. The van der Waals surface area contributed by atoms with Gasteiger partial charge >= 0.3 is 0 Å². The van der Waals surface area contributed by atoms with Gasteiger partial charge in [0.15, 0.2) is 0 Å². The largest absolute Gasteiger partial charge is 0.241 e. The monoisotopic (exact) mass is 708 g/mol. The fourth-order valence-corrected chi connectivity index (χ4v) is 5.53. The molecule has 0 spiro atoms. The lowest BCUT2D eigenvalue weighted by atomic mass is 9.92. The lowest BCUT2D eigenvalue weighted by Crippen LogP contribution is -2.29. The van der Waals surface area contributed by atoms with Gasteiger partial charge in [-0.3, -0.25) is 0 Å². The lowest BCUT2D eigenvalue weighted by Gasteiger charge is -2.22. The van der Waals surface area contributed by atoms with Crippen LogP contribution in [-0.4, -0.2) is 31.4 Å². The number of benzene rings is 4. The van der Waals surface area contributed by atoms with Crippen LogP contribution < -0.4 is 0 Å². The molecule has 0 unspecified atom stereocenters. The third-order valence-corrected chi connectivity index (χ3v) is 7.75. The fourth-order valence-electron chi connectivity index (χ4n) is 5.53. The topological polar surface area (TPSA) is 104 Å². The summed E-state index contributed by atoms with van der Waals surface area (Å²) in [6.07, 6.45) is 1.55. The van der Waals surface area contributed by atoms with Crippen molar-refractivity contribution in [1.82, 2.24) is 19.9 Å². The predicted molar refractivity (Wildman–Crippen MR) is 169 cm³/mol. The van der Waals surface area contributed by atoms with Crippen molar-refractivity contribution in [1.29, 1.82) is 5.26 Å². The van der Waals surface area contributed by atoms with Crippen molar-refractivity contribution in [3.05, 3.63) is 154 Å². The quantitative estimate of drug-likeness (QED) is 0.0792. The number of aromatic nitrogens is 4. The molecular formula is C36H12F8N8. The van der Waals surface area contributed by atoms with Gasteiger partial charge in [0.25, 0.3) is 0 Å². The normalized spacial score (nSPS) is 11.7. The third-order valence-electron chi connectivity index (χ3n) is 7.75. The Morgan fingerprint density at radius 3 is 1.00 bits per heavy atom. The molecule has 0 atom stereocenters. The van der Waals surface area contributed by atoms with E-state index in [1.54, 1.807) is 6.19 Å². The van der Waals surface area contributed by atoms with Gasteiger partial charge in [-0.25, -0.2) is 55.1 Å². The smallest absolute Gasteiger partial charge is 0.206 e. The Kier molecular flexibility index (Phi) is 8.28. The van der Waals surface area contributed by atoms with Crippen LogP contribution in [-0.2, 0) is 0 Å². The molecule has 0 saturated heterocycles. The number of nitrogens with zero attached hydrogens (tertiary/aromatic N) is 8. The van der Waals surface area contributed by atoms with E-state index in [-0.39, 0.29) is 0 Å². The standard InChI is InChI=1S/C36H12F8N8/c1-46-52-36-34-32(48-27(19-6-2-15(37)10-23(19)41)29(50-34)21-8-4-17(39)12-25(21)43)31(47-14-45)33-35(36)51-30(22-9-5-18(40)13-26(22)44)28(49-33)20-7-3-16(38)11-24(20)42/h2-13H. The maximum absolute atomic E-state index is 15.3. The molecule has 0 amide bonds. The summed E-state index contributed by atoms with van der Waals surface area (Å²) in [6, 6.07) is 9.43. The number of hydrogen-bond acceptors (Lipinski definition) is 7. The van der Waals surface area contributed by atoms with Crippen LogP contribution in [0.1, 0.15) is 22.8 Å². The van der Waals surface area contributed by atoms with Crippen molar-refractivity contribution >= 4 is 11.4 Å². The van der Waals surface area contributed by atoms with Gasteiger partial charge in [-0.15, -0.1) is 4.95 Å². The van der Waals surface area contributed by atoms with E-state index in [0.717, 1.165) is 48.5 Å². The van der Waals surface area contributed by atoms with Crippen molar-refractivity contribution in [3.63, 3.8) is 0 Å². The van der Waals surface area contributed by atoms with Crippen LogP contribution in [0.2, 0.25) is 0 Å². The Labute approximate surface area is 286 Å². The van der Waals surface area contributed by atoms with Gasteiger partial charge in [0.05, 0.1) is 5.10 Å². The Morgan fingerprint density at radius 2 is 0.750 bits per heavy atom. The van der Waals surface area contributed by atoms with E-state index in [9.17, 15) is 22.8 Å². The van der Waals surface area contributed by atoms with E-state index in [0.29, 0.717) is 24.3 Å². The Hall–Kier alpha value is -7.20. The van der Waals surface area contributed by atoms with Gasteiger partial charge in [-0.05, 0) is 48.5 Å². The summed E-state index contributed by atoms with van der Waals surface area (Å²) in [5, 5.41) is 13.5. The third kappa shape index (κ3) is 5.67. The summed E-state index contributed by atoms with van der Waals surface area (Å²) >= 11 is 0. The summed E-state index contributed by atoms with van der Waals surface area (Å²) in [7, 11) is 0. The van der Waals surface area contributed by atoms with Gasteiger partial charge < -0.3 is 0 Å². The molecular weight excluding hydrogens is 696 g/mol. The zero-order valence-corrected chi connectivity index (χ0v) is 25.5. The molecule has 0 bridgehead atoms. The van der Waals surface area contributed by atoms with Crippen LogP contribution in [0.25, 0.3) is 50.0 Å². The average molecular weight is 709 g/mol. The zero-order chi connectivity index (χ0) is 36.8. The van der Waals surface area contributed by atoms with E-state index in [4.69, 9.17) is 6.57 Å². The number of rotatable bonds is 4. The first-order valence-corrected chi connectivity index (χ1v) is 14.6. The lowest BCUT2D eigenvalue weighted by molar-refractivity contribution is 0.583. The number of halogens is 8. The molecule has 0 radical (unpaired) electrons. The van der Waals surface area contributed by atoms with Crippen LogP contribution in [0.5, 0.6) is 0 Å². The number of fused-ring (bicyclic) bond motifs is 2. The highest BCUT2D eigenvalue weighted by Gasteiger charge is 2.38. The van der Waals surface area contributed by atoms with Crippen molar-refractivity contribution in [2.75, 3.05) is 0 Å². The molecule has 2 aromatic heterocycles. The van der Waals surface area contributed by atoms with Gasteiger partial charge in [-0.2, -0.15) is 16.8 Å². The molecule has 2 heterocycles. The molecule has 0 aliphatic heterocycles. The summed E-state index contributed by atoms with van der Waals surface area (Å²) < 4.78 is 117. The minimum Gasteiger partial charge on any atom is -0.241 e. The molecule has 8 nitrogen and oxygen atoms in total. The highest BCUT2D eigenvalue weighted by atomic mass is 19.2. The van der Waals surface area contributed by atoms with Crippen LogP contribution >= 0.6 is 0 Å². The van der Waals surface area contributed by atoms with Crippen molar-refractivity contribution in [2.45, 2.75) is 0 Å². The van der Waals surface area contributed by atoms with E-state index >= 15 is 17.6 Å². The van der Waals surface area contributed by atoms with Crippen LogP contribution in [0.4, 0.5) is 35.1 Å². The molecule has 52 heavy (non-hydrogen) atoms. The first-order chi connectivity index (χ1) is 25.0. The summed E-state index contributed by atoms with van der Waals surface area (Å²) in [4.78, 5) is 24.6. The van der Waals surface area contributed by atoms with Gasteiger partial charge in [0.1, 0.15) is 97.8 Å². The van der Waals surface area contributed by atoms with E-state index in [1.807, 2.05) is 0 Å². The van der Waals surface area contributed by atoms with Crippen LogP contribution in [0.3, 0.4) is 0 Å². The second-order valence-electron chi connectivity index (χ2n) is 10.8. The molecule has 1 aliphatic carbocycles. The highest BCUT2D eigenvalue weighted by molar-refractivity contribution is 6.29. The molecule has 16 heteroatoms. The minimum absolute atomic E-state index is 0.414. The van der Waals surface area contributed by atoms with Gasteiger partial charge in [0, 0.05) is 46.5 Å². The van der Waals surface area contributed by atoms with E-state index in [1.165, 1.54) is 0 Å². The van der Waals surface area contributed by atoms with E-state index < -0.39 is 126 Å². The number of hydrogen-bond donors (Lipinski definition) is 0. The second kappa shape index (κ2) is 12.9. The maximum Gasteiger partial charge on any atom is 0.206 e. The first-order valence-electron chi connectivity index (χ1n) is 14.6. The molecule has 6 aromatic rings. The SMILES string of the molecule is [C-]#[N+]N=C1c2nc(-c3ccc(F)cc3F)c(-c3ccc(F)cc3F)nc2C(=NC#N)c2nc(-c3ccc(F)cc3F)c(-c3ccc(F)cc3F)nc21. The maximum atomic E-state index is 15.3. The van der Waals surface area contributed by atoms with Crippen molar-refractivity contribution in [2.24, 2.45) is 10.1 Å². The first kappa shape index (κ1) is 33.3. The van der Waals surface area contributed by atoms with Crippen LogP contribution in [0.15, 0.2) is 82.9 Å². The van der Waals surface area contributed by atoms with E-state index in [2.05, 4.69) is 35.0 Å². The minimum atomic E-state index is -1.18. The second-order valence-corrected chi connectivity index (χ2v) is 10.8. The zero-order valence-electron chi connectivity index (χ0n) is 25.5. The Bertz CT molecular complexity index is 2320. The molecule has 7 rings (SSSR count). The summed E-state index contributed by atoms with van der Waals surface area (Å²) in [5.74, 6) is -8.61. The Balaban J connectivity index is 1.61. The highest BCUT2D eigenvalue weighted by Crippen LogP contribution is 2.39. The van der Waals surface area contributed by atoms with Crippen molar-refractivity contribution < 1.29 is 35.1 Å². The molecule has 4 aromatic carbocycles. The molecule has 252 valence electrons. The number of nitriles is 1. The van der Waals surface area contributed by atoms with Gasteiger partial charge in [-0.1, -0.05) is 0 Å².